The maximum absolute atomic E-state index is 11.6. The average molecular weight is 772 g/mol. The number of nitrogens with zero attached hydrogens (tertiary/aromatic N) is 3. The maximum atomic E-state index is 11.6. The van der Waals surface area contributed by atoms with Crippen molar-refractivity contribution in [3.8, 4) is 51.2 Å². The highest BCUT2D eigenvalue weighted by Crippen LogP contribution is 2.42. The van der Waals surface area contributed by atoms with E-state index in [1.54, 1.807) is 21.3 Å². The molecule has 5 aromatic rings. The normalized spacial score (nSPS) is 16.8. The number of benzene rings is 2. The highest BCUT2D eigenvalue weighted by Gasteiger charge is 2.27. The van der Waals surface area contributed by atoms with Crippen molar-refractivity contribution in [3.05, 3.63) is 88.0 Å². The quantitative estimate of drug-likeness (QED) is 0.111. The molecule has 0 aliphatic carbocycles. The molecule has 2 amide bonds. The van der Waals surface area contributed by atoms with E-state index in [1.165, 1.54) is 0 Å². The van der Waals surface area contributed by atoms with Crippen LogP contribution in [0.2, 0.25) is 10.0 Å². The standard InChI is InChI=1S/C40H41Cl2N7O5/c1-52-38-24(19-43-20-25-11-14-34(50)45-25)10-13-32(47-38)30-9-5-8-29(37(30)42)28-7-4-6-27(36(28)41)23-16-17-49-33(18-23)48-39(53-2)31(40(49)54-3)22-44-21-26-12-15-35(51)46-26/h4-10,13,16-18,25-26,43-44H,11-12,14-15,19-22H2,1-3H3,(H-,45,46,50,51)/p+1/t25-,26-/m0/s1. The predicted octanol–water partition coefficient (Wildman–Crippen LogP) is 5.29. The summed E-state index contributed by atoms with van der Waals surface area (Å²) in [7, 11) is 4.80. The lowest BCUT2D eigenvalue weighted by atomic mass is 9.97. The smallest absolute Gasteiger partial charge is 0.340 e. The van der Waals surface area contributed by atoms with Gasteiger partial charge < -0.3 is 35.5 Å². The molecule has 54 heavy (non-hydrogen) atoms. The van der Waals surface area contributed by atoms with E-state index in [-0.39, 0.29) is 23.9 Å². The third-order valence-corrected chi connectivity index (χ3v) is 10.7. The summed E-state index contributed by atoms with van der Waals surface area (Å²) in [6.07, 6.45) is 4.65. The number of hydrogen-bond donors (Lipinski definition) is 4. The molecule has 0 unspecified atom stereocenters. The van der Waals surface area contributed by atoms with Gasteiger partial charge in [-0.3, -0.25) is 9.59 Å². The molecule has 0 saturated carbocycles. The van der Waals surface area contributed by atoms with Crippen LogP contribution in [0.3, 0.4) is 0 Å². The molecule has 0 spiro atoms. The lowest BCUT2D eigenvalue weighted by Crippen LogP contribution is -2.36. The van der Waals surface area contributed by atoms with Crippen LogP contribution in [0, 0.1) is 0 Å². The molecule has 3 aromatic heterocycles. The summed E-state index contributed by atoms with van der Waals surface area (Å²) in [4.78, 5) is 32.8. The van der Waals surface area contributed by atoms with Crippen LogP contribution in [0.25, 0.3) is 39.2 Å². The summed E-state index contributed by atoms with van der Waals surface area (Å²) in [6.45, 7) is 2.28. The Balaban J connectivity index is 1.14. The molecule has 0 bridgehead atoms. The second-order valence-electron chi connectivity index (χ2n) is 13.3. The SMILES string of the molecule is COc1nc(-c2cccc(-c3cccc(-c4cc[n+]5c(OC)c(CNC[C@@H]6CCC(=O)N6)c(OC)nc5c4)c3Cl)c2Cl)ccc1CNC[C@@H]1CCC(=O)N1. The fraction of sp³-hybridized carbons (Fsp3) is 0.325. The zero-order valence-electron chi connectivity index (χ0n) is 30.3. The number of ether oxygens (including phenoxy) is 3. The largest absolute Gasteiger partial charge is 0.481 e. The molecule has 5 heterocycles. The number of nitrogens with one attached hydrogen (secondary N) is 4. The molecular formula is C40H42Cl2N7O5+. The first kappa shape index (κ1) is 37.3. The minimum atomic E-state index is 0.0798. The van der Waals surface area contributed by atoms with E-state index in [9.17, 15) is 9.59 Å². The van der Waals surface area contributed by atoms with Gasteiger partial charge in [-0.15, -0.1) is 0 Å². The van der Waals surface area contributed by atoms with Crippen LogP contribution in [0.15, 0.2) is 66.9 Å². The Morgan fingerprint density at radius 3 is 1.96 bits per heavy atom. The van der Waals surface area contributed by atoms with Gasteiger partial charge in [-0.05, 0) is 35.5 Å². The molecule has 2 saturated heterocycles. The average Bonchev–Trinajstić information content (AvgIpc) is 3.81. The first-order valence-corrected chi connectivity index (χ1v) is 18.6. The van der Waals surface area contributed by atoms with Crippen LogP contribution < -0.4 is 39.9 Å². The fourth-order valence-corrected chi connectivity index (χ4v) is 7.77. The number of amides is 2. The summed E-state index contributed by atoms with van der Waals surface area (Å²) in [5.74, 6) is 1.69. The van der Waals surface area contributed by atoms with Gasteiger partial charge in [0.25, 0.3) is 0 Å². The van der Waals surface area contributed by atoms with Crippen molar-refractivity contribution in [2.75, 3.05) is 34.4 Å². The van der Waals surface area contributed by atoms with Crippen LogP contribution in [-0.2, 0) is 22.7 Å². The topological polar surface area (TPSA) is 140 Å². The lowest BCUT2D eigenvalue weighted by molar-refractivity contribution is -0.524. The zero-order valence-corrected chi connectivity index (χ0v) is 31.8. The lowest BCUT2D eigenvalue weighted by Gasteiger charge is -2.16. The van der Waals surface area contributed by atoms with Crippen LogP contribution in [0.1, 0.15) is 36.8 Å². The van der Waals surface area contributed by atoms with Crippen LogP contribution in [0.4, 0.5) is 0 Å². The molecule has 12 nitrogen and oxygen atoms in total. The van der Waals surface area contributed by atoms with Gasteiger partial charge in [0, 0.05) is 85.0 Å². The highest BCUT2D eigenvalue weighted by molar-refractivity contribution is 6.39. The minimum absolute atomic E-state index is 0.0798. The van der Waals surface area contributed by atoms with Crippen molar-refractivity contribution in [2.24, 2.45) is 0 Å². The molecule has 280 valence electrons. The Kier molecular flexibility index (Phi) is 11.4. The van der Waals surface area contributed by atoms with E-state index >= 15 is 0 Å². The van der Waals surface area contributed by atoms with Crippen molar-refractivity contribution < 1.29 is 28.2 Å². The van der Waals surface area contributed by atoms with Gasteiger partial charge in [0.15, 0.2) is 0 Å². The number of pyridine rings is 2. The van der Waals surface area contributed by atoms with Gasteiger partial charge in [0.1, 0.15) is 11.8 Å². The number of methoxy groups -OCH3 is 3. The molecule has 0 radical (unpaired) electrons. The van der Waals surface area contributed by atoms with Crippen LogP contribution in [0.5, 0.6) is 17.6 Å². The Morgan fingerprint density at radius 1 is 0.741 bits per heavy atom. The number of rotatable bonds is 14. The molecule has 2 atom stereocenters. The second kappa shape index (κ2) is 16.6. The first-order chi connectivity index (χ1) is 26.3. The number of aromatic nitrogens is 3. The highest BCUT2D eigenvalue weighted by atomic mass is 35.5. The van der Waals surface area contributed by atoms with Gasteiger partial charge >= 0.3 is 17.4 Å². The summed E-state index contributed by atoms with van der Waals surface area (Å²) in [6, 6.07) is 19.7. The van der Waals surface area contributed by atoms with Crippen molar-refractivity contribution in [2.45, 2.75) is 50.9 Å². The Labute approximate surface area is 323 Å². The van der Waals surface area contributed by atoms with E-state index in [1.807, 2.05) is 71.3 Å². The fourth-order valence-electron chi connectivity index (χ4n) is 7.11. The third-order valence-electron chi connectivity index (χ3n) is 9.85. The molecule has 2 fully saturated rings. The van der Waals surface area contributed by atoms with E-state index < -0.39 is 0 Å². The van der Waals surface area contributed by atoms with Crippen LogP contribution >= 0.6 is 23.2 Å². The predicted molar refractivity (Wildman–Crippen MR) is 207 cm³/mol. The van der Waals surface area contributed by atoms with Crippen LogP contribution in [-0.4, -0.2) is 68.3 Å². The summed E-state index contributed by atoms with van der Waals surface area (Å²) >= 11 is 14.3. The summed E-state index contributed by atoms with van der Waals surface area (Å²) < 4.78 is 19.1. The Hall–Kier alpha value is -5.01. The number of halogens is 2. The third kappa shape index (κ3) is 7.78. The van der Waals surface area contributed by atoms with E-state index in [0.717, 1.165) is 51.8 Å². The molecule has 4 N–H and O–H groups in total. The minimum Gasteiger partial charge on any atom is -0.481 e. The molecule has 2 aliphatic rings. The van der Waals surface area contributed by atoms with Gasteiger partial charge in [-0.25, -0.2) is 4.98 Å². The van der Waals surface area contributed by atoms with Crippen molar-refractivity contribution >= 4 is 40.7 Å². The molecule has 14 heteroatoms. The summed E-state index contributed by atoms with van der Waals surface area (Å²) in [5, 5.41) is 13.8. The summed E-state index contributed by atoms with van der Waals surface area (Å²) in [5.41, 5.74) is 6.85. The van der Waals surface area contributed by atoms with Crippen molar-refractivity contribution in [1.82, 2.24) is 31.2 Å². The second-order valence-corrected chi connectivity index (χ2v) is 14.1. The van der Waals surface area contributed by atoms with Crippen molar-refractivity contribution in [1.29, 1.82) is 0 Å². The monoisotopic (exact) mass is 770 g/mol. The van der Waals surface area contributed by atoms with Gasteiger partial charge in [-0.1, -0.05) is 65.7 Å². The van der Waals surface area contributed by atoms with Crippen molar-refractivity contribution in [3.63, 3.8) is 0 Å². The molecule has 7 rings (SSSR count). The zero-order chi connectivity index (χ0) is 37.8. The van der Waals surface area contributed by atoms with Gasteiger partial charge in [0.2, 0.25) is 17.7 Å². The van der Waals surface area contributed by atoms with E-state index in [2.05, 4.69) is 21.3 Å². The Bertz CT molecular complexity index is 2220. The first-order valence-electron chi connectivity index (χ1n) is 17.9. The van der Waals surface area contributed by atoms with E-state index in [4.69, 9.17) is 47.4 Å². The molecule has 2 aromatic carbocycles. The Morgan fingerprint density at radius 2 is 1.35 bits per heavy atom. The van der Waals surface area contributed by atoms with E-state index in [0.29, 0.717) is 78.0 Å². The number of hydrogen-bond acceptors (Lipinski definition) is 9. The number of fused-ring (bicyclic) bond motifs is 1. The van der Waals surface area contributed by atoms with Gasteiger partial charge in [-0.2, -0.15) is 4.40 Å². The van der Waals surface area contributed by atoms with Gasteiger partial charge in [0.05, 0.1) is 37.1 Å². The maximum Gasteiger partial charge on any atom is 0.340 e. The number of carbonyl (C=O) groups excluding carboxylic acids is 2. The number of carbonyl (C=O) groups is 2. The molecule has 2 aliphatic heterocycles. The molecular weight excluding hydrogens is 729 g/mol.